The molecule has 33 heavy (non-hydrogen) atoms. The number of carbonyl (C=O) groups excluding carboxylic acids is 1. The summed E-state index contributed by atoms with van der Waals surface area (Å²) in [7, 11) is 1.44. The minimum Gasteiger partial charge on any atom is -0.469 e. The molecule has 2 aromatic heterocycles. The lowest BCUT2D eigenvalue weighted by Crippen LogP contribution is -2.20. The molecule has 2 atom stereocenters. The van der Waals surface area contributed by atoms with Crippen LogP contribution in [0.2, 0.25) is 0 Å². The number of carbonyl (C=O) groups is 1. The first-order valence-corrected chi connectivity index (χ1v) is 11.6. The third kappa shape index (κ3) is 4.48. The van der Waals surface area contributed by atoms with E-state index in [2.05, 4.69) is 11.4 Å². The number of hydrogen-bond donors (Lipinski definition) is 1. The van der Waals surface area contributed by atoms with Crippen LogP contribution in [0.1, 0.15) is 56.3 Å². The standard InChI is InChI=1S/C25H29N5O3/c1-16-15-21(29-30(16)22-9-5-6-14-33-22)27-24-19-7-3-4-8-20(19)26-23(28-24)17-10-12-18(13-11-17)25(31)32-2/h3-4,7-8,10,15,18,22H,5-6,9,11-14H2,1-2H3,(H,26,27,28,29). The maximum absolute atomic E-state index is 11.9. The Labute approximate surface area is 193 Å². The van der Waals surface area contributed by atoms with Gasteiger partial charge in [0, 0.05) is 23.8 Å². The molecule has 0 amide bonds. The molecule has 2 unspecified atom stereocenters. The van der Waals surface area contributed by atoms with Crippen LogP contribution >= 0.6 is 0 Å². The zero-order valence-electron chi connectivity index (χ0n) is 19.1. The van der Waals surface area contributed by atoms with Crippen molar-refractivity contribution in [3.05, 3.63) is 47.9 Å². The maximum Gasteiger partial charge on any atom is 0.308 e. The van der Waals surface area contributed by atoms with Gasteiger partial charge in [0.05, 0.1) is 18.5 Å². The molecule has 0 saturated carbocycles. The molecule has 0 spiro atoms. The highest BCUT2D eigenvalue weighted by Crippen LogP contribution is 2.32. The number of fused-ring (bicyclic) bond motifs is 1. The van der Waals surface area contributed by atoms with Crippen molar-refractivity contribution in [2.75, 3.05) is 19.0 Å². The topological polar surface area (TPSA) is 91.2 Å². The van der Waals surface area contributed by atoms with Crippen LogP contribution in [0.25, 0.3) is 16.5 Å². The molecule has 5 rings (SSSR count). The van der Waals surface area contributed by atoms with E-state index < -0.39 is 0 Å². The summed E-state index contributed by atoms with van der Waals surface area (Å²) in [5.74, 6) is 1.90. The predicted octanol–water partition coefficient (Wildman–Crippen LogP) is 4.93. The molecule has 1 aliphatic carbocycles. The fraction of sp³-hybridized carbons (Fsp3) is 0.440. The van der Waals surface area contributed by atoms with Gasteiger partial charge in [0.1, 0.15) is 5.82 Å². The van der Waals surface area contributed by atoms with E-state index in [9.17, 15) is 4.79 Å². The zero-order valence-corrected chi connectivity index (χ0v) is 19.1. The molecule has 1 saturated heterocycles. The first-order valence-electron chi connectivity index (χ1n) is 11.6. The summed E-state index contributed by atoms with van der Waals surface area (Å²) >= 11 is 0. The summed E-state index contributed by atoms with van der Waals surface area (Å²) in [5.41, 5.74) is 2.97. The van der Waals surface area contributed by atoms with E-state index in [1.54, 1.807) is 0 Å². The van der Waals surface area contributed by atoms with Crippen molar-refractivity contribution < 1.29 is 14.3 Å². The number of esters is 1. The van der Waals surface area contributed by atoms with E-state index in [4.69, 9.17) is 24.5 Å². The van der Waals surface area contributed by atoms with E-state index >= 15 is 0 Å². The van der Waals surface area contributed by atoms with Crippen molar-refractivity contribution in [2.45, 2.75) is 51.7 Å². The van der Waals surface area contributed by atoms with Crippen LogP contribution in [0.4, 0.5) is 11.6 Å². The normalized spacial score (nSPS) is 21.0. The lowest BCUT2D eigenvalue weighted by Gasteiger charge is -2.23. The number of benzene rings is 1. The van der Waals surface area contributed by atoms with Crippen molar-refractivity contribution in [1.29, 1.82) is 0 Å². The summed E-state index contributed by atoms with van der Waals surface area (Å²) in [6, 6.07) is 9.99. The number of aromatic nitrogens is 4. The number of nitrogens with one attached hydrogen (secondary N) is 1. The average Bonchev–Trinajstić information content (AvgIpc) is 3.24. The lowest BCUT2D eigenvalue weighted by atomic mass is 9.89. The summed E-state index contributed by atoms with van der Waals surface area (Å²) in [6.45, 7) is 2.82. The Bertz CT molecular complexity index is 1200. The van der Waals surface area contributed by atoms with Gasteiger partial charge in [-0.3, -0.25) is 4.79 Å². The molecule has 2 aliphatic rings. The molecule has 1 aliphatic heterocycles. The smallest absolute Gasteiger partial charge is 0.308 e. The minimum atomic E-state index is -0.153. The Morgan fingerprint density at radius 1 is 1.21 bits per heavy atom. The SMILES string of the molecule is COC(=O)C1CC=C(c2nc(Nc3cc(C)n(C4CCCCO4)n3)c3ccccc3n2)CC1. The Kier molecular flexibility index (Phi) is 6.09. The second-order valence-electron chi connectivity index (χ2n) is 8.70. The lowest BCUT2D eigenvalue weighted by molar-refractivity contribution is -0.145. The highest BCUT2D eigenvalue weighted by Gasteiger charge is 2.24. The molecule has 0 radical (unpaired) electrons. The Balaban J connectivity index is 1.45. The van der Waals surface area contributed by atoms with Gasteiger partial charge in [0.15, 0.2) is 17.9 Å². The third-order valence-corrected chi connectivity index (χ3v) is 6.43. The van der Waals surface area contributed by atoms with E-state index in [1.807, 2.05) is 41.9 Å². The van der Waals surface area contributed by atoms with Gasteiger partial charge < -0.3 is 14.8 Å². The predicted molar refractivity (Wildman–Crippen MR) is 126 cm³/mol. The molecule has 8 heteroatoms. The number of ether oxygens (including phenoxy) is 2. The number of methoxy groups -OCH3 is 1. The molecular formula is C25H29N5O3. The van der Waals surface area contributed by atoms with Crippen LogP contribution in [-0.4, -0.2) is 39.4 Å². The van der Waals surface area contributed by atoms with Crippen molar-refractivity contribution in [1.82, 2.24) is 19.7 Å². The molecular weight excluding hydrogens is 418 g/mol. The van der Waals surface area contributed by atoms with Crippen molar-refractivity contribution in [2.24, 2.45) is 5.92 Å². The first-order chi connectivity index (χ1) is 16.1. The molecule has 8 nitrogen and oxygen atoms in total. The number of anilines is 2. The largest absolute Gasteiger partial charge is 0.469 e. The van der Waals surface area contributed by atoms with Crippen molar-refractivity contribution in [3.63, 3.8) is 0 Å². The molecule has 172 valence electrons. The van der Waals surface area contributed by atoms with E-state index in [1.165, 1.54) is 7.11 Å². The number of hydrogen-bond acceptors (Lipinski definition) is 7. The quantitative estimate of drug-likeness (QED) is 0.554. The molecule has 1 aromatic carbocycles. The Morgan fingerprint density at radius 2 is 2.09 bits per heavy atom. The van der Waals surface area contributed by atoms with Crippen molar-refractivity contribution >= 4 is 34.1 Å². The summed E-state index contributed by atoms with van der Waals surface area (Å²) < 4.78 is 12.8. The van der Waals surface area contributed by atoms with Gasteiger partial charge in [-0.25, -0.2) is 14.6 Å². The molecule has 0 bridgehead atoms. The molecule has 3 heterocycles. The van der Waals surface area contributed by atoms with E-state index in [0.29, 0.717) is 12.2 Å². The molecule has 3 aromatic rings. The summed E-state index contributed by atoms with van der Waals surface area (Å²) in [6.07, 6.45) is 7.41. The monoisotopic (exact) mass is 447 g/mol. The van der Waals surface area contributed by atoms with E-state index in [-0.39, 0.29) is 18.1 Å². The van der Waals surface area contributed by atoms with Gasteiger partial charge in [-0.05, 0) is 63.2 Å². The van der Waals surface area contributed by atoms with Crippen LogP contribution in [0.3, 0.4) is 0 Å². The maximum atomic E-state index is 11.9. The number of aryl methyl sites for hydroxylation is 1. The van der Waals surface area contributed by atoms with E-state index in [0.717, 1.165) is 72.5 Å². The van der Waals surface area contributed by atoms with Gasteiger partial charge in [-0.1, -0.05) is 18.2 Å². The zero-order chi connectivity index (χ0) is 22.8. The second kappa shape index (κ2) is 9.31. The van der Waals surface area contributed by atoms with Crippen LogP contribution in [0, 0.1) is 12.8 Å². The molecule has 1 fully saturated rings. The number of allylic oxidation sites excluding steroid dienone is 2. The van der Waals surface area contributed by atoms with Crippen molar-refractivity contribution in [3.8, 4) is 0 Å². The van der Waals surface area contributed by atoms with Gasteiger partial charge in [0.25, 0.3) is 0 Å². The number of rotatable bonds is 5. The Hall–Kier alpha value is -3.26. The average molecular weight is 448 g/mol. The number of nitrogens with zero attached hydrogens (tertiary/aromatic N) is 4. The third-order valence-electron chi connectivity index (χ3n) is 6.43. The van der Waals surface area contributed by atoms with Gasteiger partial charge in [-0.15, -0.1) is 0 Å². The molecule has 1 N–H and O–H groups in total. The van der Waals surface area contributed by atoms with Crippen LogP contribution in [0.5, 0.6) is 0 Å². The first kappa shape index (κ1) is 21.6. The van der Waals surface area contributed by atoms with Crippen LogP contribution in [-0.2, 0) is 14.3 Å². The fourth-order valence-electron chi connectivity index (χ4n) is 4.61. The summed E-state index contributed by atoms with van der Waals surface area (Å²) in [5, 5.41) is 9.13. The highest BCUT2D eigenvalue weighted by molar-refractivity contribution is 5.91. The van der Waals surface area contributed by atoms with Gasteiger partial charge in [-0.2, -0.15) is 5.10 Å². The second-order valence-corrected chi connectivity index (χ2v) is 8.70. The van der Waals surface area contributed by atoms with Crippen LogP contribution < -0.4 is 5.32 Å². The number of para-hydroxylation sites is 1. The fourth-order valence-corrected chi connectivity index (χ4v) is 4.61. The highest BCUT2D eigenvalue weighted by atomic mass is 16.5. The van der Waals surface area contributed by atoms with Gasteiger partial charge in [0.2, 0.25) is 0 Å². The van der Waals surface area contributed by atoms with Gasteiger partial charge >= 0.3 is 5.97 Å². The minimum absolute atomic E-state index is 0.0119. The summed E-state index contributed by atoms with van der Waals surface area (Å²) in [4.78, 5) is 21.6. The Morgan fingerprint density at radius 3 is 2.85 bits per heavy atom. The van der Waals surface area contributed by atoms with Crippen LogP contribution in [0.15, 0.2) is 36.4 Å².